The van der Waals surface area contributed by atoms with Gasteiger partial charge >= 0.3 is 0 Å². The first kappa shape index (κ1) is 15.2. The second-order valence-electron chi connectivity index (χ2n) is 5.18. The maximum Gasteiger partial charge on any atom is 0.122 e. The summed E-state index contributed by atoms with van der Waals surface area (Å²) in [5, 5.41) is 0. The van der Waals surface area contributed by atoms with Crippen molar-refractivity contribution in [3.05, 3.63) is 29.3 Å². The molecule has 2 atom stereocenters. The molecule has 1 heterocycles. The van der Waals surface area contributed by atoms with Gasteiger partial charge in [-0.05, 0) is 50.5 Å². The first-order valence-corrected chi connectivity index (χ1v) is 7.66. The third-order valence-electron chi connectivity index (χ3n) is 3.37. The Morgan fingerprint density at radius 2 is 2.25 bits per heavy atom. The van der Waals surface area contributed by atoms with E-state index in [-0.39, 0.29) is 6.10 Å². The summed E-state index contributed by atoms with van der Waals surface area (Å²) in [6.07, 6.45) is 3.53. The normalized spacial score (nSPS) is 21.4. The fourth-order valence-corrected chi connectivity index (χ4v) is 2.39. The quantitative estimate of drug-likeness (QED) is 0.618. The number of ether oxygens (including phenoxy) is 2. The molecule has 0 aromatic heterocycles. The van der Waals surface area contributed by atoms with E-state index in [9.17, 15) is 0 Å². The van der Waals surface area contributed by atoms with Crippen molar-refractivity contribution < 1.29 is 9.47 Å². The summed E-state index contributed by atoms with van der Waals surface area (Å²) in [5.74, 6) is 7.63. The highest BCUT2D eigenvalue weighted by atomic mass is 35.5. The van der Waals surface area contributed by atoms with Crippen molar-refractivity contribution in [3.63, 3.8) is 0 Å². The van der Waals surface area contributed by atoms with E-state index < -0.39 is 0 Å². The molecule has 20 heavy (non-hydrogen) atoms. The SMILES string of the molecule is Cc1cc(C#CCCCl)ccc1OCC1CCC(C)O1. The smallest absolute Gasteiger partial charge is 0.122 e. The fourth-order valence-electron chi connectivity index (χ4n) is 2.29. The Bertz CT molecular complexity index is 501. The summed E-state index contributed by atoms with van der Waals surface area (Å²) in [5.41, 5.74) is 2.11. The van der Waals surface area contributed by atoms with Gasteiger partial charge in [-0.3, -0.25) is 0 Å². The lowest BCUT2D eigenvalue weighted by molar-refractivity contribution is 0.0263. The van der Waals surface area contributed by atoms with Crippen LogP contribution in [-0.4, -0.2) is 24.7 Å². The molecular formula is C17H21ClO2. The number of benzene rings is 1. The summed E-state index contributed by atoms with van der Waals surface area (Å²) in [6, 6.07) is 6.02. The number of hydrogen-bond acceptors (Lipinski definition) is 2. The monoisotopic (exact) mass is 292 g/mol. The Hall–Kier alpha value is -1.17. The minimum absolute atomic E-state index is 0.229. The van der Waals surface area contributed by atoms with Crippen molar-refractivity contribution in [1.82, 2.24) is 0 Å². The Kier molecular flexibility index (Phi) is 5.76. The second kappa shape index (κ2) is 7.57. The Balaban J connectivity index is 1.91. The van der Waals surface area contributed by atoms with E-state index in [0.717, 1.165) is 36.1 Å². The Labute approximate surface area is 126 Å². The first-order valence-electron chi connectivity index (χ1n) is 7.13. The van der Waals surface area contributed by atoms with Crippen LogP contribution in [-0.2, 0) is 4.74 Å². The molecule has 1 saturated heterocycles. The molecule has 0 N–H and O–H groups in total. The number of aryl methyl sites for hydroxylation is 1. The van der Waals surface area contributed by atoms with Crippen LogP contribution in [0.3, 0.4) is 0 Å². The predicted octanol–water partition coefficient (Wildman–Crippen LogP) is 3.92. The number of alkyl halides is 1. The molecule has 2 rings (SSSR count). The van der Waals surface area contributed by atoms with Crippen LogP contribution >= 0.6 is 11.6 Å². The molecular weight excluding hydrogens is 272 g/mol. The van der Waals surface area contributed by atoms with Crippen molar-refractivity contribution in [2.24, 2.45) is 0 Å². The third-order valence-corrected chi connectivity index (χ3v) is 3.56. The van der Waals surface area contributed by atoms with Crippen molar-refractivity contribution in [3.8, 4) is 17.6 Å². The molecule has 0 spiro atoms. The van der Waals surface area contributed by atoms with Gasteiger partial charge in [0.15, 0.2) is 0 Å². The molecule has 0 saturated carbocycles. The molecule has 0 amide bonds. The molecule has 1 aromatic carbocycles. The molecule has 1 aliphatic heterocycles. The third kappa shape index (κ3) is 4.44. The van der Waals surface area contributed by atoms with Crippen LogP contribution < -0.4 is 4.74 Å². The average Bonchev–Trinajstić information content (AvgIpc) is 2.84. The zero-order valence-corrected chi connectivity index (χ0v) is 12.9. The van der Waals surface area contributed by atoms with Crippen LogP contribution in [0.5, 0.6) is 5.75 Å². The van der Waals surface area contributed by atoms with E-state index in [4.69, 9.17) is 21.1 Å². The molecule has 1 aromatic rings. The standard InChI is InChI=1S/C17H21ClO2/c1-13-11-15(5-3-4-10-18)7-9-17(13)19-12-16-8-6-14(2)20-16/h7,9,11,14,16H,4,6,8,10,12H2,1-2H3. The molecule has 2 nitrogen and oxygen atoms in total. The van der Waals surface area contributed by atoms with Crippen LogP contribution in [0.2, 0.25) is 0 Å². The summed E-state index contributed by atoms with van der Waals surface area (Å²) >= 11 is 5.60. The van der Waals surface area contributed by atoms with Gasteiger partial charge < -0.3 is 9.47 Å². The van der Waals surface area contributed by atoms with Crippen LogP contribution in [0.15, 0.2) is 18.2 Å². The molecule has 3 heteroatoms. The lowest BCUT2D eigenvalue weighted by atomic mass is 10.1. The number of rotatable bonds is 4. The molecule has 108 valence electrons. The molecule has 2 unspecified atom stereocenters. The van der Waals surface area contributed by atoms with Crippen molar-refractivity contribution in [1.29, 1.82) is 0 Å². The Morgan fingerprint density at radius 3 is 2.90 bits per heavy atom. The van der Waals surface area contributed by atoms with Crippen molar-refractivity contribution in [2.45, 2.75) is 45.3 Å². The van der Waals surface area contributed by atoms with Gasteiger partial charge in [-0.25, -0.2) is 0 Å². The van der Waals surface area contributed by atoms with Gasteiger partial charge in [-0.1, -0.05) is 11.8 Å². The van der Waals surface area contributed by atoms with Gasteiger partial charge in [-0.15, -0.1) is 11.6 Å². The zero-order chi connectivity index (χ0) is 14.4. The molecule has 1 aliphatic rings. The summed E-state index contributed by atoms with van der Waals surface area (Å²) in [4.78, 5) is 0. The van der Waals surface area contributed by atoms with E-state index >= 15 is 0 Å². The van der Waals surface area contributed by atoms with Gasteiger partial charge in [0.2, 0.25) is 0 Å². The highest BCUT2D eigenvalue weighted by molar-refractivity contribution is 6.18. The first-order chi connectivity index (χ1) is 9.69. The highest BCUT2D eigenvalue weighted by Crippen LogP contribution is 2.23. The van der Waals surface area contributed by atoms with E-state index in [1.54, 1.807) is 0 Å². The van der Waals surface area contributed by atoms with Crippen LogP contribution in [0.4, 0.5) is 0 Å². The molecule has 0 radical (unpaired) electrons. The number of halogens is 1. The minimum atomic E-state index is 0.229. The Morgan fingerprint density at radius 1 is 1.40 bits per heavy atom. The van der Waals surface area contributed by atoms with Gasteiger partial charge in [-0.2, -0.15) is 0 Å². The summed E-state index contributed by atoms with van der Waals surface area (Å²) in [6.45, 7) is 4.78. The van der Waals surface area contributed by atoms with E-state index in [0.29, 0.717) is 18.6 Å². The van der Waals surface area contributed by atoms with Gasteiger partial charge in [0, 0.05) is 17.9 Å². The minimum Gasteiger partial charge on any atom is -0.491 e. The number of hydrogen-bond donors (Lipinski definition) is 0. The van der Waals surface area contributed by atoms with Crippen LogP contribution in [0.25, 0.3) is 0 Å². The maximum atomic E-state index is 5.86. The maximum absolute atomic E-state index is 5.86. The van der Waals surface area contributed by atoms with E-state index in [2.05, 4.69) is 24.8 Å². The average molecular weight is 293 g/mol. The van der Waals surface area contributed by atoms with Gasteiger partial charge in [0.1, 0.15) is 12.4 Å². The second-order valence-corrected chi connectivity index (χ2v) is 5.56. The van der Waals surface area contributed by atoms with Crippen molar-refractivity contribution >= 4 is 11.6 Å². The lowest BCUT2D eigenvalue weighted by Gasteiger charge is -2.14. The van der Waals surface area contributed by atoms with E-state index in [1.807, 2.05) is 19.1 Å². The zero-order valence-electron chi connectivity index (χ0n) is 12.1. The molecule has 1 fully saturated rings. The predicted molar refractivity (Wildman–Crippen MR) is 82.5 cm³/mol. The van der Waals surface area contributed by atoms with Crippen LogP contribution in [0.1, 0.15) is 37.3 Å². The summed E-state index contributed by atoms with van der Waals surface area (Å²) < 4.78 is 11.6. The summed E-state index contributed by atoms with van der Waals surface area (Å²) in [7, 11) is 0. The lowest BCUT2D eigenvalue weighted by Crippen LogP contribution is -2.18. The van der Waals surface area contributed by atoms with Gasteiger partial charge in [0.25, 0.3) is 0 Å². The van der Waals surface area contributed by atoms with E-state index in [1.165, 1.54) is 0 Å². The molecule has 0 aliphatic carbocycles. The van der Waals surface area contributed by atoms with Gasteiger partial charge in [0.05, 0.1) is 12.2 Å². The largest absolute Gasteiger partial charge is 0.491 e. The van der Waals surface area contributed by atoms with Crippen LogP contribution in [0, 0.1) is 18.8 Å². The highest BCUT2D eigenvalue weighted by Gasteiger charge is 2.22. The fraction of sp³-hybridized carbons (Fsp3) is 0.529. The molecule has 0 bridgehead atoms. The van der Waals surface area contributed by atoms with Crippen molar-refractivity contribution in [2.75, 3.05) is 12.5 Å². The topological polar surface area (TPSA) is 18.5 Å².